The van der Waals surface area contributed by atoms with E-state index in [0.29, 0.717) is 0 Å². The number of hydrogen-bond donors (Lipinski definition) is 0. The summed E-state index contributed by atoms with van der Waals surface area (Å²) in [5, 5.41) is 0. The highest BCUT2D eigenvalue weighted by Crippen LogP contribution is 2.51. The minimum atomic E-state index is -5.47. The van der Waals surface area contributed by atoms with Crippen molar-refractivity contribution in [2.75, 3.05) is 0 Å². The molecule has 0 aromatic heterocycles. The fourth-order valence-electron chi connectivity index (χ4n) is 0.559. The van der Waals surface area contributed by atoms with Crippen molar-refractivity contribution in [3.05, 3.63) is 0 Å². The molecule has 0 aliphatic rings. The van der Waals surface area contributed by atoms with E-state index in [9.17, 15) is 31.1 Å². The van der Waals surface area contributed by atoms with E-state index in [4.69, 9.17) is 0 Å². The first-order valence-electron chi connectivity index (χ1n) is 3.13. The predicted octanol–water partition coefficient (Wildman–Crippen LogP) is 2.71. The van der Waals surface area contributed by atoms with Gasteiger partial charge in [-0.2, -0.15) is 26.3 Å². The average molecular weight is 208 g/mol. The molecule has 78 valence electrons. The lowest BCUT2D eigenvalue weighted by Crippen LogP contribution is -2.47. The highest BCUT2D eigenvalue weighted by molar-refractivity contribution is 5.51. The third-order valence-electron chi connectivity index (χ3n) is 1.74. The van der Waals surface area contributed by atoms with Crippen LogP contribution < -0.4 is 0 Å². The number of carbonyl (C=O) groups excluding carboxylic acids is 1. The standard InChI is InChI=1S/C6H6F6O/c1-4(2-3-13,5(7,8)9)6(10,11)12/h3H,2H2,1H3. The van der Waals surface area contributed by atoms with Crippen LogP contribution in [-0.4, -0.2) is 18.6 Å². The summed E-state index contributed by atoms with van der Waals surface area (Å²) in [7, 11) is 0. The molecule has 0 N–H and O–H groups in total. The Kier molecular flexibility index (Phi) is 3.01. The molecule has 0 heterocycles. The van der Waals surface area contributed by atoms with Gasteiger partial charge in [0.2, 0.25) is 0 Å². The molecule has 7 heteroatoms. The Labute approximate surface area is 69.7 Å². The van der Waals surface area contributed by atoms with Gasteiger partial charge in [0.15, 0.2) is 5.41 Å². The Morgan fingerprint density at radius 1 is 1.00 bits per heavy atom. The number of alkyl halides is 6. The highest BCUT2D eigenvalue weighted by Gasteiger charge is 2.66. The quantitative estimate of drug-likeness (QED) is 0.503. The van der Waals surface area contributed by atoms with Crippen LogP contribution in [0, 0.1) is 5.41 Å². The first kappa shape index (κ1) is 12.2. The van der Waals surface area contributed by atoms with Gasteiger partial charge in [0.05, 0.1) is 0 Å². The Morgan fingerprint density at radius 2 is 1.31 bits per heavy atom. The van der Waals surface area contributed by atoms with E-state index in [2.05, 4.69) is 0 Å². The summed E-state index contributed by atoms with van der Waals surface area (Å²) in [6.45, 7) is -0.0403. The maximum atomic E-state index is 11.9. The van der Waals surface area contributed by atoms with Gasteiger partial charge in [-0.3, -0.25) is 0 Å². The number of aldehydes is 1. The van der Waals surface area contributed by atoms with Crippen molar-refractivity contribution in [2.45, 2.75) is 25.7 Å². The molecule has 0 unspecified atom stereocenters. The van der Waals surface area contributed by atoms with Crippen LogP contribution in [0.5, 0.6) is 0 Å². The normalized spacial score (nSPS) is 14.4. The van der Waals surface area contributed by atoms with E-state index >= 15 is 0 Å². The van der Waals surface area contributed by atoms with Crippen LogP contribution >= 0.6 is 0 Å². The lowest BCUT2D eigenvalue weighted by Gasteiger charge is -2.32. The zero-order valence-electron chi connectivity index (χ0n) is 6.46. The Balaban J connectivity index is 5.07. The molecule has 0 saturated carbocycles. The van der Waals surface area contributed by atoms with Crippen molar-refractivity contribution in [3.63, 3.8) is 0 Å². The number of rotatable bonds is 2. The smallest absolute Gasteiger partial charge is 0.303 e. The Hall–Kier alpha value is -0.750. The average Bonchev–Trinajstić information content (AvgIpc) is 1.82. The van der Waals surface area contributed by atoms with E-state index in [1.165, 1.54) is 0 Å². The van der Waals surface area contributed by atoms with E-state index in [-0.39, 0.29) is 13.2 Å². The van der Waals surface area contributed by atoms with Crippen molar-refractivity contribution in [1.29, 1.82) is 0 Å². The van der Waals surface area contributed by atoms with Crippen LogP contribution in [-0.2, 0) is 4.79 Å². The first-order valence-corrected chi connectivity index (χ1v) is 3.13. The van der Waals surface area contributed by atoms with Crippen molar-refractivity contribution >= 4 is 6.29 Å². The molecule has 0 radical (unpaired) electrons. The highest BCUT2D eigenvalue weighted by atomic mass is 19.4. The molecule has 0 spiro atoms. The van der Waals surface area contributed by atoms with E-state index < -0.39 is 24.2 Å². The molecule has 13 heavy (non-hydrogen) atoms. The number of carbonyl (C=O) groups is 1. The van der Waals surface area contributed by atoms with Gasteiger partial charge >= 0.3 is 12.4 Å². The molecular formula is C6H6F6O. The molecule has 1 nitrogen and oxygen atoms in total. The van der Waals surface area contributed by atoms with Gasteiger partial charge in [-0.1, -0.05) is 0 Å². The van der Waals surface area contributed by atoms with Crippen LogP contribution in [0.4, 0.5) is 26.3 Å². The Bertz CT molecular complexity index is 176. The monoisotopic (exact) mass is 208 g/mol. The second kappa shape index (κ2) is 3.19. The van der Waals surface area contributed by atoms with Gasteiger partial charge in [-0.15, -0.1) is 0 Å². The van der Waals surface area contributed by atoms with Crippen molar-refractivity contribution in [3.8, 4) is 0 Å². The second-order valence-electron chi connectivity index (χ2n) is 2.70. The molecule has 0 rings (SSSR count). The Morgan fingerprint density at radius 3 is 1.38 bits per heavy atom. The zero-order valence-corrected chi connectivity index (χ0v) is 6.46. The lowest BCUT2D eigenvalue weighted by molar-refractivity contribution is -0.333. The van der Waals surface area contributed by atoms with Crippen molar-refractivity contribution < 1.29 is 31.1 Å². The van der Waals surface area contributed by atoms with Gasteiger partial charge in [0, 0.05) is 6.42 Å². The molecule has 0 saturated heterocycles. The summed E-state index contributed by atoms with van der Waals surface area (Å²) < 4.78 is 71.5. The van der Waals surface area contributed by atoms with Gasteiger partial charge in [-0.05, 0) is 6.92 Å². The van der Waals surface area contributed by atoms with Gasteiger partial charge in [0.1, 0.15) is 6.29 Å². The largest absolute Gasteiger partial charge is 0.403 e. The van der Waals surface area contributed by atoms with E-state index in [1.54, 1.807) is 0 Å². The lowest BCUT2D eigenvalue weighted by atomic mass is 9.86. The summed E-state index contributed by atoms with van der Waals surface area (Å²) in [5.74, 6) is 0. The second-order valence-corrected chi connectivity index (χ2v) is 2.70. The first-order chi connectivity index (χ1) is 5.56. The summed E-state index contributed by atoms with van der Waals surface area (Å²) >= 11 is 0. The summed E-state index contributed by atoms with van der Waals surface area (Å²) in [5.41, 5.74) is -3.94. The minimum absolute atomic E-state index is 0.0403. The fourth-order valence-corrected chi connectivity index (χ4v) is 0.559. The topological polar surface area (TPSA) is 17.1 Å². The molecule has 0 aliphatic carbocycles. The predicted molar refractivity (Wildman–Crippen MR) is 30.9 cm³/mol. The molecule has 0 aromatic rings. The van der Waals surface area contributed by atoms with E-state index in [1.807, 2.05) is 0 Å². The molecule has 0 fully saturated rings. The molecule has 0 aliphatic heterocycles. The molecular weight excluding hydrogens is 202 g/mol. The van der Waals surface area contributed by atoms with Crippen LogP contribution in [0.15, 0.2) is 0 Å². The van der Waals surface area contributed by atoms with Crippen LogP contribution in [0.3, 0.4) is 0 Å². The maximum Gasteiger partial charge on any atom is 0.403 e. The van der Waals surface area contributed by atoms with Gasteiger partial charge in [0.25, 0.3) is 0 Å². The van der Waals surface area contributed by atoms with Gasteiger partial charge in [-0.25, -0.2) is 0 Å². The number of hydrogen-bond acceptors (Lipinski definition) is 1. The third-order valence-corrected chi connectivity index (χ3v) is 1.74. The minimum Gasteiger partial charge on any atom is -0.303 e. The molecule has 0 bridgehead atoms. The molecule has 0 aromatic carbocycles. The van der Waals surface area contributed by atoms with E-state index in [0.717, 1.165) is 0 Å². The summed E-state index contributed by atoms with van der Waals surface area (Å²) in [6, 6.07) is 0. The molecule has 0 amide bonds. The third kappa shape index (κ3) is 2.13. The molecule has 0 atom stereocenters. The SMILES string of the molecule is CC(CC=O)(C(F)(F)F)C(F)(F)F. The maximum absolute atomic E-state index is 11.9. The van der Waals surface area contributed by atoms with Crippen LogP contribution in [0.1, 0.15) is 13.3 Å². The van der Waals surface area contributed by atoms with Crippen molar-refractivity contribution in [1.82, 2.24) is 0 Å². The van der Waals surface area contributed by atoms with Crippen LogP contribution in [0.25, 0.3) is 0 Å². The van der Waals surface area contributed by atoms with Crippen LogP contribution in [0.2, 0.25) is 0 Å². The summed E-state index contributed by atoms with van der Waals surface area (Å²) in [6.07, 6.45) is -12.9. The fraction of sp³-hybridized carbons (Fsp3) is 0.833. The van der Waals surface area contributed by atoms with Gasteiger partial charge < -0.3 is 4.79 Å². The van der Waals surface area contributed by atoms with Crippen molar-refractivity contribution in [2.24, 2.45) is 5.41 Å². The number of halogens is 6. The zero-order chi connectivity index (χ0) is 10.9. The summed E-state index contributed by atoms with van der Waals surface area (Å²) in [4.78, 5) is 9.71.